The van der Waals surface area contributed by atoms with Crippen molar-refractivity contribution in [3.63, 3.8) is 0 Å². The van der Waals surface area contributed by atoms with Crippen LogP contribution in [0, 0.1) is 6.92 Å². The van der Waals surface area contributed by atoms with Crippen LogP contribution in [0.15, 0.2) is 59.6 Å². The van der Waals surface area contributed by atoms with Crippen LogP contribution in [-0.2, 0) is 6.54 Å². The van der Waals surface area contributed by atoms with Gasteiger partial charge in [0.25, 0.3) is 0 Å². The molecule has 0 amide bonds. The molecule has 5 heteroatoms. The number of hydrogen-bond acceptors (Lipinski definition) is 4. The zero-order chi connectivity index (χ0) is 16.1. The number of ketones is 1. The molecule has 1 heterocycles. The van der Waals surface area contributed by atoms with Gasteiger partial charge in [-0.05, 0) is 12.5 Å². The average molecular weight is 405 g/mol. The van der Waals surface area contributed by atoms with Gasteiger partial charge in [-0.3, -0.25) is 9.79 Å². The van der Waals surface area contributed by atoms with Gasteiger partial charge in [0.05, 0.1) is 13.1 Å². The summed E-state index contributed by atoms with van der Waals surface area (Å²) in [4.78, 5) is 19.2. The zero-order valence-electron chi connectivity index (χ0n) is 13.6. The number of carbonyl (C=O) groups is 1. The minimum absolute atomic E-state index is 0. The Kier molecular flexibility index (Phi) is 7.06. The number of aliphatic imine (C=N–C) groups is 1. The SMILES string of the molecule is Br.Cc1ccc(C(=O)CN(Cc2ccccc2)C2=NCCS2)cc1. The molecule has 0 aliphatic carbocycles. The fourth-order valence-corrected chi connectivity index (χ4v) is 3.37. The summed E-state index contributed by atoms with van der Waals surface area (Å²) in [7, 11) is 0. The first-order valence-electron chi connectivity index (χ1n) is 7.78. The lowest BCUT2D eigenvalue weighted by molar-refractivity contribution is 0.0962. The molecule has 0 atom stereocenters. The van der Waals surface area contributed by atoms with Crippen molar-refractivity contribution >= 4 is 39.7 Å². The van der Waals surface area contributed by atoms with Gasteiger partial charge in [0, 0.05) is 17.9 Å². The molecule has 24 heavy (non-hydrogen) atoms. The van der Waals surface area contributed by atoms with E-state index in [9.17, 15) is 4.79 Å². The zero-order valence-corrected chi connectivity index (χ0v) is 16.2. The molecule has 0 saturated carbocycles. The lowest BCUT2D eigenvalue weighted by atomic mass is 10.1. The van der Waals surface area contributed by atoms with E-state index in [1.54, 1.807) is 11.8 Å². The van der Waals surface area contributed by atoms with E-state index in [0.717, 1.165) is 23.0 Å². The number of hydrogen-bond donors (Lipinski definition) is 0. The maximum Gasteiger partial charge on any atom is 0.182 e. The number of aryl methyl sites for hydroxylation is 1. The molecule has 2 aromatic rings. The van der Waals surface area contributed by atoms with Gasteiger partial charge in [0.1, 0.15) is 0 Å². The first-order chi connectivity index (χ1) is 11.2. The highest BCUT2D eigenvalue weighted by atomic mass is 79.9. The highest BCUT2D eigenvalue weighted by Gasteiger charge is 2.19. The molecular weight excluding hydrogens is 384 g/mol. The minimum Gasteiger partial charge on any atom is -0.339 e. The van der Waals surface area contributed by atoms with Gasteiger partial charge in [-0.15, -0.1) is 17.0 Å². The van der Waals surface area contributed by atoms with Crippen LogP contribution in [0.5, 0.6) is 0 Å². The van der Waals surface area contributed by atoms with Crippen LogP contribution in [0.3, 0.4) is 0 Å². The van der Waals surface area contributed by atoms with Gasteiger partial charge in [0.2, 0.25) is 0 Å². The molecular formula is C19H21BrN2OS. The maximum absolute atomic E-state index is 12.6. The van der Waals surface area contributed by atoms with Gasteiger partial charge in [-0.25, -0.2) is 0 Å². The van der Waals surface area contributed by atoms with E-state index < -0.39 is 0 Å². The van der Waals surface area contributed by atoms with E-state index in [1.165, 1.54) is 11.1 Å². The standard InChI is InChI=1S/C19H20N2OS.BrH/c1-15-7-9-17(10-8-15)18(22)14-21(19-20-11-12-23-19)13-16-5-3-2-4-6-16;/h2-10H,11-14H2,1H3;1H. The van der Waals surface area contributed by atoms with Crippen molar-refractivity contribution < 1.29 is 4.79 Å². The summed E-state index contributed by atoms with van der Waals surface area (Å²) in [5, 5.41) is 0.981. The summed E-state index contributed by atoms with van der Waals surface area (Å²) >= 11 is 1.73. The Morgan fingerprint density at radius 3 is 2.46 bits per heavy atom. The summed E-state index contributed by atoms with van der Waals surface area (Å²) in [5.74, 6) is 1.13. The summed E-state index contributed by atoms with van der Waals surface area (Å²) in [6, 6.07) is 18.0. The third-order valence-corrected chi connectivity index (χ3v) is 4.80. The molecule has 3 rings (SSSR count). The second-order valence-corrected chi connectivity index (χ2v) is 6.71. The molecule has 3 nitrogen and oxygen atoms in total. The van der Waals surface area contributed by atoms with Crippen molar-refractivity contribution in [3.8, 4) is 0 Å². The fourth-order valence-electron chi connectivity index (χ4n) is 2.51. The fraction of sp³-hybridized carbons (Fsp3) is 0.263. The molecule has 0 radical (unpaired) electrons. The van der Waals surface area contributed by atoms with Gasteiger partial charge >= 0.3 is 0 Å². The topological polar surface area (TPSA) is 32.7 Å². The number of halogens is 1. The first kappa shape index (κ1) is 18.7. The summed E-state index contributed by atoms with van der Waals surface area (Å²) in [6.07, 6.45) is 0. The number of amidine groups is 1. The lowest BCUT2D eigenvalue weighted by Crippen LogP contribution is -2.33. The second-order valence-electron chi connectivity index (χ2n) is 5.64. The van der Waals surface area contributed by atoms with E-state index >= 15 is 0 Å². The number of rotatable bonds is 5. The Balaban J connectivity index is 0.00000208. The maximum atomic E-state index is 12.6. The number of thioether (sulfide) groups is 1. The van der Waals surface area contributed by atoms with Crippen molar-refractivity contribution in [2.45, 2.75) is 13.5 Å². The monoisotopic (exact) mass is 404 g/mol. The predicted octanol–water partition coefficient (Wildman–Crippen LogP) is 4.36. The Hall–Kier alpha value is -1.59. The molecule has 0 unspecified atom stereocenters. The minimum atomic E-state index is 0. The van der Waals surface area contributed by atoms with Crippen LogP contribution < -0.4 is 0 Å². The van der Waals surface area contributed by atoms with E-state index in [2.05, 4.69) is 22.0 Å². The third-order valence-electron chi connectivity index (χ3n) is 3.76. The van der Waals surface area contributed by atoms with Crippen LogP contribution >= 0.6 is 28.7 Å². The third kappa shape index (κ3) is 4.95. The quantitative estimate of drug-likeness (QED) is 0.693. The van der Waals surface area contributed by atoms with Crippen LogP contribution in [-0.4, -0.2) is 34.7 Å². The van der Waals surface area contributed by atoms with Crippen molar-refractivity contribution in [2.24, 2.45) is 4.99 Å². The molecule has 0 N–H and O–H groups in total. The molecule has 0 bridgehead atoms. The van der Waals surface area contributed by atoms with E-state index in [1.807, 2.05) is 49.4 Å². The van der Waals surface area contributed by atoms with E-state index in [0.29, 0.717) is 13.1 Å². The molecule has 0 saturated heterocycles. The number of carbonyl (C=O) groups excluding carboxylic acids is 1. The van der Waals surface area contributed by atoms with Crippen molar-refractivity contribution in [2.75, 3.05) is 18.8 Å². The summed E-state index contributed by atoms with van der Waals surface area (Å²) in [5.41, 5.74) is 3.12. The predicted molar refractivity (Wildman–Crippen MR) is 107 cm³/mol. The summed E-state index contributed by atoms with van der Waals surface area (Å²) < 4.78 is 0. The van der Waals surface area contributed by atoms with E-state index in [-0.39, 0.29) is 22.8 Å². The highest BCUT2D eigenvalue weighted by Crippen LogP contribution is 2.19. The molecule has 2 aromatic carbocycles. The van der Waals surface area contributed by atoms with Gasteiger partial charge < -0.3 is 4.90 Å². The Labute approximate surface area is 157 Å². The smallest absolute Gasteiger partial charge is 0.182 e. The molecule has 1 aliphatic heterocycles. The van der Waals surface area contributed by atoms with Gasteiger partial charge in [-0.2, -0.15) is 0 Å². The van der Waals surface area contributed by atoms with Crippen molar-refractivity contribution in [1.29, 1.82) is 0 Å². The Morgan fingerprint density at radius 1 is 1.12 bits per heavy atom. The van der Waals surface area contributed by atoms with Gasteiger partial charge in [0.15, 0.2) is 11.0 Å². The van der Waals surface area contributed by atoms with Crippen LogP contribution in [0.4, 0.5) is 0 Å². The second kappa shape index (κ2) is 9.04. The average Bonchev–Trinajstić information content (AvgIpc) is 3.10. The largest absolute Gasteiger partial charge is 0.339 e. The Morgan fingerprint density at radius 2 is 1.83 bits per heavy atom. The highest BCUT2D eigenvalue weighted by molar-refractivity contribution is 8.93. The van der Waals surface area contributed by atoms with E-state index in [4.69, 9.17) is 0 Å². The van der Waals surface area contributed by atoms with Crippen molar-refractivity contribution in [3.05, 3.63) is 71.3 Å². The molecule has 126 valence electrons. The summed E-state index contributed by atoms with van der Waals surface area (Å²) in [6.45, 7) is 3.94. The first-order valence-corrected chi connectivity index (χ1v) is 8.77. The Bertz CT molecular complexity index is 701. The van der Waals surface area contributed by atoms with Crippen LogP contribution in [0.2, 0.25) is 0 Å². The molecule has 0 spiro atoms. The normalized spacial score (nSPS) is 13.1. The van der Waals surface area contributed by atoms with Crippen molar-refractivity contribution in [1.82, 2.24) is 4.90 Å². The molecule has 1 aliphatic rings. The molecule has 0 aromatic heterocycles. The number of nitrogens with zero attached hydrogens (tertiary/aromatic N) is 2. The van der Waals surface area contributed by atoms with Crippen LogP contribution in [0.1, 0.15) is 21.5 Å². The van der Waals surface area contributed by atoms with Crippen LogP contribution in [0.25, 0.3) is 0 Å². The number of benzene rings is 2. The lowest BCUT2D eigenvalue weighted by Gasteiger charge is -2.23. The number of Topliss-reactive ketones (excluding diaryl/α,β-unsaturated/α-hetero) is 1. The van der Waals surface area contributed by atoms with Gasteiger partial charge in [-0.1, -0.05) is 71.9 Å². The molecule has 0 fully saturated rings.